The van der Waals surface area contributed by atoms with Gasteiger partial charge in [0.1, 0.15) is 5.75 Å². The van der Waals surface area contributed by atoms with Crippen molar-refractivity contribution in [2.75, 3.05) is 26.2 Å². The summed E-state index contributed by atoms with van der Waals surface area (Å²) >= 11 is 0. The third kappa shape index (κ3) is 5.74. The number of nitrogens with one attached hydrogen (secondary N) is 1. The molecule has 0 aromatic heterocycles. The molecule has 1 amide bonds. The molecule has 1 aliphatic heterocycles. The van der Waals surface area contributed by atoms with E-state index in [-0.39, 0.29) is 17.4 Å². The molecule has 7 heteroatoms. The van der Waals surface area contributed by atoms with Gasteiger partial charge in [-0.2, -0.15) is 8.78 Å². The van der Waals surface area contributed by atoms with Gasteiger partial charge < -0.3 is 14.8 Å². The lowest BCUT2D eigenvalue weighted by Gasteiger charge is -2.33. The first-order valence-electron chi connectivity index (χ1n) is 8.82. The number of carbonyl (C=O) groups is 1. The van der Waals surface area contributed by atoms with Gasteiger partial charge in [-0.05, 0) is 17.7 Å². The maximum atomic E-state index is 12.5. The van der Waals surface area contributed by atoms with Gasteiger partial charge in [-0.1, -0.05) is 42.5 Å². The van der Waals surface area contributed by atoms with Crippen LogP contribution in [0.1, 0.15) is 15.9 Å². The van der Waals surface area contributed by atoms with E-state index in [1.54, 1.807) is 12.1 Å². The Bertz CT molecular complexity index is 743. The molecule has 1 fully saturated rings. The number of alkyl halides is 2. The number of hydrogen-bond donors (Lipinski definition) is 1. The molecule has 1 unspecified atom stereocenters. The Hall–Kier alpha value is -2.51. The number of hydrogen-bond acceptors (Lipinski definition) is 4. The van der Waals surface area contributed by atoms with Crippen LogP contribution in [0.4, 0.5) is 8.78 Å². The SMILES string of the molecule is O=C(NCC1CN(Cc2ccccc2)CCO1)c1ccccc1OC(F)F. The van der Waals surface area contributed by atoms with Crippen molar-refractivity contribution in [3.05, 3.63) is 65.7 Å². The van der Waals surface area contributed by atoms with E-state index in [9.17, 15) is 13.6 Å². The van der Waals surface area contributed by atoms with Gasteiger partial charge in [0, 0.05) is 26.2 Å². The molecule has 2 aromatic rings. The molecule has 27 heavy (non-hydrogen) atoms. The second-order valence-electron chi connectivity index (χ2n) is 6.30. The van der Waals surface area contributed by atoms with Crippen LogP contribution in [0, 0.1) is 0 Å². The van der Waals surface area contributed by atoms with E-state index in [1.165, 1.54) is 17.7 Å². The van der Waals surface area contributed by atoms with Crippen LogP contribution in [0.5, 0.6) is 5.75 Å². The number of morpholine rings is 1. The summed E-state index contributed by atoms with van der Waals surface area (Å²) in [6.07, 6.45) is -0.158. The zero-order valence-corrected chi connectivity index (χ0v) is 14.8. The molecule has 1 atom stereocenters. The third-order valence-corrected chi connectivity index (χ3v) is 4.31. The Morgan fingerprint density at radius 1 is 1.19 bits per heavy atom. The smallest absolute Gasteiger partial charge is 0.387 e. The maximum absolute atomic E-state index is 12.5. The van der Waals surface area contributed by atoms with E-state index in [0.29, 0.717) is 19.7 Å². The first-order chi connectivity index (χ1) is 13.1. The van der Waals surface area contributed by atoms with Crippen LogP contribution in [0.2, 0.25) is 0 Å². The number of amides is 1. The summed E-state index contributed by atoms with van der Waals surface area (Å²) in [7, 11) is 0. The lowest BCUT2D eigenvalue weighted by molar-refractivity contribution is -0.0502. The Balaban J connectivity index is 1.53. The van der Waals surface area contributed by atoms with Crippen LogP contribution in [0.3, 0.4) is 0 Å². The highest BCUT2D eigenvalue weighted by molar-refractivity contribution is 5.96. The zero-order chi connectivity index (χ0) is 19.1. The first-order valence-corrected chi connectivity index (χ1v) is 8.82. The van der Waals surface area contributed by atoms with E-state index in [2.05, 4.69) is 27.1 Å². The van der Waals surface area contributed by atoms with Gasteiger partial charge in [-0.25, -0.2) is 0 Å². The van der Waals surface area contributed by atoms with Crippen LogP contribution in [0.25, 0.3) is 0 Å². The highest BCUT2D eigenvalue weighted by Gasteiger charge is 2.22. The highest BCUT2D eigenvalue weighted by atomic mass is 19.3. The van der Waals surface area contributed by atoms with Crippen molar-refractivity contribution in [1.82, 2.24) is 10.2 Å². The summed E-state index contributed by atoms with van der Waals surface area (Å²) in [6.45, 7) is 0.229. The summed E-state index contributed by atoms with van der Waals surface area (Å²) in [6, 6.07) is 16.1. The zero-order valence-electron chi connectivity index (χ0n) is 14.8. The van der Waals surface area contributed by atoms with Crippen molar-refractivity contribution >= 4 is 5.91 Å². The fourth-order valence-corrected chi connectivity index (χ4v) is 3.04. The summed E-state index contributed by atoms with van der Waals surface area (Å²) in [5, 5.41) is 2.75. The molecule has 0 spiro atoms. The van der Waals surface area contributed by atoms with Gasteiger partial charge in [0.05, 0.1) is 18.3 Å². The predicted molar refractivity (Wildman–Crippen MR) is 96.9 cm³/mol. The van der Waals surface area contributed by atoms with E-state index in [1.807, 2.05) is 18.2 Å². The van der Waals surface area contributed by atoms with Gasteiger partial charge in [-0.15, -0.1) is 0 Å². The minimum absolute atomic E-state index is 0.0785. The Morgan fingerprint density at radius 3 is 2.70 bits per heavy atom. The van der Waals surface area contributed by atoms with Gasteiger partial charge in [0.25, 0.3) is 5.91 Å². The van der Waals surface area contributed by atoms with Crippen molar-refractivity contribution in [2.45, 2.75) is 19.3 Å². The summed E-state index contributed by atoms with van der Waals surface area (Å²) in [5.41, 5.74) is 1.30. The molecule has 144 valence electrons. The van der Waals surface area contributed by atoms with Crippen molar-refractivity contribution in [3.8, 4) is 5.75 Å². The van der Waals surface area contributed by atoms with Crippen molar-refractivity contribution in [3.63, 3.8) is 0 Å². The number of benzene rings is 2. The molecule has 0 bridgehead atoms. The number of halogens is 2. The second kappa shape index (κ2) is 9.43. The van der Waals surface area contributed by atoms with Crippen molar-refractivity contribution < 1.29 is 23.0 Å². The number of para-hydroxylation sites is 1. The molecule has 0 radical (unpaired) electrons. The molecule has 5 nitrogen and oxygen atoms in total. The second-order valence-corrected chi connectivity index (χ2v) is 6.30. The fourth-order valence-electron chi connectivity index (χ4n) is 3.04. The maximum Gasteiger partial charge on any atom is 0.387 e. The van der Waals surface area contributed by atoms with Crippen molar-refractivity contribution in [1.29, 1.82) is 0 Å². The molecule has 2 aromatic carbocycles. The highest BCUT2D eigenvalue weighted by Crippen LogP contribution is 2.20. The number of nitrogens with zero attached hydrogens (tertiary/aromatic N) is 1. The van der Waals surface area contributed by atoms with Gasteiger partial charge in [0.15, 0.2) is 0 Å². The molecule has 1 saturated heterocycles. The minimum Gasteiger partial charge on any atom is -0.434 e. The van der Waals surface area contributed by atoms with Gasteiger partial charge in [-0.3, -0.25) is 9.69 Å². The Morgan fingerprint density at radius 2 is 1.93 bits per heavy atom. The van der Waals surface area contributed by atoms with Crippen LogP contribution in [0.15, 0.2) is 54.6 Å². The van der Waals surface area contributed by atoms with Crippen LogP contribution in [-0.2, 0) is 11.3 Å². The van der Waals surface area contributed by atoms with Crippen molar-refractivity contribution in [2.24, 2.45) is 0 Å². The monoisotopic (exact) mass is 376 g/mol. The topological polar surface area (TPSA) is 50.8 Å². The Kier molecular flexibility index (Phi) is 6.73. The number of ether oxygens (including phenoxy) is 2. The molecule has 0 aliphatic carbocycles. The average Bonchev–Trinajstić information content (AvgIpc) is 2.67. The molecular formula is C20H22F2N2O3. The van der Waals surface area contributed by atoms with Gasteiger partial charge >= 0.3 is 6.61 Å². The molecule has 1 aliphatic rings. The minimum atomic E-state index is -2.98. The third-order valence-electron chi connectivity index (χ3n) is 4.31. The number of rotatable bonds is 7. The Labute approximate surface area is 156 Å². The summed E-state index contributed by atoms with van der Waals surface area (Å²) in [5.74, 6) is -0.602. The molecule has 1 heterocycles. The summed E-state index contributed by atoms with van der Waals surface area (Å²) < 4.78 is 35.1. The quantitative estimate of drug-likeness (QED) is 0.807. The van der Waals surface area contributed by atoms with Crippen LogP contribution in [-0.4, -0.2) is 49.8 Å². The average molecular weight is 376 g/mol. The van der Waals surface area contributed by atoms with Gasteiger partial charge in [0.2, 0.25) is 0 Å². The lowest BCUT2D eigenvalue weighted by Crippen LogP contribution is -2.47. The first kappa shape index (κ1) is 19.3. The molecule has 3 rings (SSSR count). The normalized spacial score (nSPS) is 17.7. The lowest BCUT2D eigenvalue weighted by atomic mass is 10.1. The standard InChI is InChI=1S/C20H22F2N2O3/c21-20(22)27-18-9-5-4-8-17(18)19(25)23-12-16-14-24(10-11-26-16)13-15-6-2-1-3-7-15/h1-9,16,20H,10-14H2,(H,23,25). The van der Waals surface area contributed by atoms with E-state index >= 15 is 0 Å². The van der Waals surface area contributed by atoms with E-state index < -0.39 is 12.5 Å². The largest absolute Gasteiger partial charge is 0.434 e. The van der Waals surface area contributed by atoms with Crippen LogP contribution >= 0.6 is 0 Å². The molecule has 1 N–H and O–H groups in total. The molecular weight excluding hydrogens is 354 g/mol. The fraction of sp³-hybridized carbons (Fsp3) is 0.350. The van der Waals surface area contributed by atoms with Crippen LogP contribution < -0.4 is 10.1 Å². The van der Waals surface area contributed by atoms with E-state index in [4.69, 9.17) is 4.74 Å². The molecule has 0 saturated carbocycles. The number of carbonyl (C=O) groups excluding carboxylic acids is 1. The predicted octanol–water partition coefficient (Wildman–Crippen LogP) is 2.92. The van der Waals surface area contributed by atoms with E-state index in [0.717, 1.165) is 13.1 Å². The summed E-state index contributed by atoms with van der Waals surface area (Å²) in [4.78, 5) is 14.6.